The second-order valence-electron chi connectivity index (χ2n) is 7.21. The molecule has 0 saturated carbocycles. The number of amides is 1. The minimum atomic E-state index is -0.350. The van der Waals surface area contributed by atoms with E-state index in [4.69, 9.17) is 21.1 Å². The third kappa shape index (κ3) is 5.30. The first-order valence-corrected chi connectivity index (χ1v) is 11.3. The Morgan fingerprint density at radius 1 is 1.09 bits per heavy atom. The Labute approximate surface area is 200 Å². The molecule has 2 heterocycles. The first-order chi connectivity index (χ1) is 15.9. The number of hydrogen-bond donors (Lipinski definition) is 1. The molecule has 0 aliphatic carbocycles. The zero-order valence-corrected chi connectivity index (χ0v) is 19.8. The molecule has 1 amide bonds. The molecule has 2 aromatic carbocycles. The van der Waals surface area contributed by atoms with Gasteiger partial charge in [0.25, 0.3) is 11.1 Å². The van der Waals surface area contributed by atoms with Gasteiger partial charge in [0, 0.05) is 28.0 Å². The molecule has 7 nitrogen and oxygen atoms in total. The molecular weight excluding hydrogens is 460 g/mol. The average Bonchev–Trinajstić information content (AvgIpc) is 3.25. The minimum Gasteiger partial charge on any atom is -0.496 e. The van der Waals surface area contributed by atoms with Crippen molar-refractivity contribution in [1.29, 1.82) is 0 Å². The van der Waals surface area contributed by atoms with Crippen molar-refractivity contribution in [2.75, 3.05) is 12.4 Å². The number of benzene rings is 2. The summed E-state index contributed by atoms with van der Waals surface area (Å²) in [5, 5.41) is 12.2. The number of carbonyl (C=O) groups is 1. The van der Waals surface area contributed by atoms with E-state index >= 15 is 0 Å². The highest BCUT2D eigenvalue weighted by molar-refractivity contribution is 7.17. The molecule has 0 aliphatic heterocycles. The van der Waals surface area contributed by atoms with Gasteiger partial charge in [-0.1, -0.05) is 47.0 Å². The van der Waals surface area contributed by atoms with E-state index in [-0.39, 0.29) is 12.0 Å². The van der Waals surface area contributed by atoms with Gasteiger partial charge in [-0.2, -0.15) is 0 Å². The third-order valence-electron chi connectivity index (χ3n) is 4.93. The maximum Gasteiger partial charge on any atom is 0.296 e. The van der Waals surface area contributed by atoms with Crippen LogP contribution in [0.1, 0.15) is 34.6 Å². The monoisotopic (exact) mass is 480 g/mol. The number of ether oxygens (including phenoxy) is 2. The van der Waals surface area contributed by atoms with Crippen molar-refractivity contribution >= 4 is 34.0 Å². The Balaban J connectivity index is 1.53. The molecule has 0 radical (unpaired) electrons. The average molecular weight is 481 g/mol. The quantitative estimate of drug-likeness (QED) is 0.351. The highest BCUT2D eigenvalue weighted by Crippen LogP contribution is 2.33. The van der Waals surface area contributed by atoms with Crippen molar-refractivity contribution in [1.82, 2.24) is 15.2 Å². The number of rotatable bonds is 7. The van der Waals surface area contributed by atoms with Crippen LogP contribution in [0.15, 0.2) is 60.8 Å². The van der Waals surface area contributed by atoms with E-state index in [0.717, 1.165) is 33.7 Å². The molecule has 2 aromatic heterocycles. The molecule has 4 aromatic rings. The Hall–Kier alpha value is -3.49. The summed E-state index contributed by atoms with van der Waals surface area (Å²) in [5.41, 5.74) is 3.66. The van der Waals surface area contributed by atoms with Gasteiger partial charge in [0.2, 0.25) is 5.13 Å². The first-order valence-electron chi connectivity index (χ1n) is 10.1. The second kappa shape index (κ2) is 9.97. The largest absolute Gasteiger partial charge is 0.496 e. The van der Waals surface area contributed by atoms with E-state index in [1.165, 1.54) is 0 Å². The molecule has 1 atom stereocenters. The fourth-order valence-electron chi connectivity index (χ4n) is 3.26. The van der Waals surface area contributed by atoms with Crippen LogP contribution in [-0.4, -0.2) is 28.2 Å². The molecule has 1 N–H and O–H groups in total. The van der Waals surface area contributed by atoms with Crippen molar-refractivity contribution < 1.29 is 14.3 Å². The Morgan fingerprint density at radius 2 is 1.85 bits per heavy atom. The van der Waals surface area contributed by atoms with Crippen molar-refractivity contribution in [3.8, 4) is 22.1 Å². The maximum absolute atomic E-state index is 13.1. The van der Waals surface area contributed by atoms with Crippen LogP contribution in [0.3, 0.4) is 0 Å². The lowest BCUT2D eigenvalue weighted by Gasteiger charge is -2.13. The predicted octanol–water partition coefficient (Wildman–Crippen LogP) is 5.96. The highest BCUT2D eigenvalue weighted by Gasteiger charge is 2.19. The number of hydrogen-bond acceptors (Lipinski definition) is 7. The first kappa shape index (κ1) is 22.7. The van der Waals surface area contributed by atoms with Gasteiger partial charge in [-0.3, -0.25) is 15.1 Å². The summed E-state index contributed by atoms with van der Waals surface area (Å²) in [6.07, 6.45) is 1.30. The molecule has 0 fully saturated rings. The van der Waals surface area contributed by atoms with Gasteiger partial charge in [0.15, 0.2) is 0 Å². The zero-order valence-electron chi connectivity index (χ0n) is 18.2. The van der Waals surface area contributed by atoms with Gasteiger partial charge in [-0.15, -0.1) is 5.10 Å². The Kier molecular flexibility index (Phi) is 6.86. The molecule has 168 valence electrons. The van der Waals surface area contributed by atoms with Crippen LogP contribution in [-0.2, 0) is 0 Å². The topological polar surface area (TPSA) is 86.2 Å². The van der Waals surface area contributed by atoms with Gasteiger partial charge in [0.05, 0.1) is 12.7 Å². The number of carbonyl (C=O) groups excluding carboxylic acids is 1. The summed E-state index contributed by atoms with van der Waals surface area (Å²) in [6, 6.07) is 16.8. The summed E-state index contributed by atoms with van der Waals surface area (Å²) >= 11 is 7.09. The van der Waals surface area contributed by atoms with Crippen LogP contribution < -0.4 is 14.8 Å². The third-order valence-corrected chi connectivity index (χ3v) is 5.91. The summed E-state index contributed by atoms with van der Waals surface area (Å²) in [7, 11) is 1.60. The van der Waals surface area contributed by atoms with E-state index < -0.39 is 0 Å². The molecule has 9 heteroatoms. The smallest absolute Gasteiger partial charge is 0.296 e. The molecule has 33 heavy (non-hydrogen) atoms. The van der Waals surface area contributed by atoms with Crippen LogP contribution >= 0.6 is 22.9 Å². The lowest BCUT2D eigenvalue weighted by atomic mass is 9.99. The van der Waals surface area contributed by atoms with Crippen LogP contribution in [0.4, 0.5) is 5.13 Å². The molecular formula is C24H21ClN4O3S. The van der Waals surface area contributed by atoms with E-state index in [1.807, 2.05) is 56.3 Å². The van der Waals surface area contributed by atoms with E-state index in [0.29, 0.717) is 26.7 Å². The SMILES string of the molecule is COc1ccccc1-c1cc(C)ncc1C(=O)Nc1nnc(O[C@H](C)c2ccc(Cl)cc2)s1. The van der Waals surface area contributed by atoms with Crippen molar-refractivity contribution in [2.45, 2.75) is 20.0 Å². The van der Waals surface area contributed by atoms with Crippen LogP contribution in [0.2, 0.25) is 5.02 Å². The Morgan fingerprint density at radius 3 is 2.61 bits per heavy atom. The van der Waals surface area contributed by atoms with Crippen molar-refractivity contribution in [3.05, 3.63) is 82.6 Å². The number of halogens is 1. The summed E-state index contributed by atoms with van der Waals surface area (Å²) in [5.74, 6) is 0.316. The lowest BCUT2D eigenvalue weighted by molar-refractivity contribution is 0.102. The van der Waals surface area contributed by atoms with Gasteiger partial charge in [-0.25, -0.2) is 0 Å². The zero-order chi connectivity index (χ0) is 23.4. The maximum atomic E-state index is 13.1. The predicted molar refractivity (Wildman–Crippen MR) is 129 cm³/mol. The standard InChI is InChI=1S/C24H21ClN4O3S/c1-14-12-19(18-6-4-5-7-21(18)31-3)20(13-26-14)22(30)27-23-28-29-24(33-23)32-15(2)16-8-10-17(25)11-9-16/h4-13,15H,1-3H3,(H,27,28,30)/t15-/m1/s1. The number of pyridine rings is 1. The number of aryl methyl sites for hydroxylation is 1. The number of nitrogens with zero attached hydrogens (tertiary/aromatic N) is 3. The normalized spacial score (nSPS) is 11.6. The Bertz CT molecular complexity index is 1280. The van der Waals surface area contributed by atoms with Crippen molar-refractivity contribution in [2.24, 2.45) is 0 Å². The molecule has 0 saturated heterocycles. The number of anilines is 1. The fourth-order valence-corrected chi connectivity index (χ4v) is 4.05. The van der Waals surface area contributed by atoms with E-state index in [1.54, 1.807) is 25.4 Å². The molecule has 0 spiro atoms. The second-order valence-corrected chi connectivity index (χ2v) is 8.59. The molecule has 0 aliphatic rings. The molecule has 4 rings (SSSR count). The van der Waals surface area contributed by atoms with Gasteiger partial charge in [-0.05, 0) is 55.0 Å². The minimum absolute atomic E-state index is 0.253. The molecule has 0 bridgehead atoms. The number of aromatic nitrogens is 3. The van der Waals surface area contributed by atoms with Gasteiger partial charge < -0.3 is 9.47 Å². The molecule has 0 unspecified atom stereocenters. The highest BCUT2D eigenvalue weighted by atomic mass is 35.5. The van der Waals surface area contributed by atoms with Crippen LogP contribution in [0, 0.1) is 6.92 Å². The summed E-state index contributed by atoms with van der Waals surface area (Å²) in [6.45, 7) is 3.78. The van der Waals surface area contributed by atoms with E-state index in [9.17, 15) is 4.79 Å². The van der Waals surface area contributed by atoms with Gasteiger partial charge >= 0.3 is 0 Å². The lowest BCUT2D eigenvalue weighted by Crippen LogP contribution is -2.14. The van der Waals surface area contributed by atoms with Crippen LogP contribution in [0.5, 0.6) is 10.9 Å². The van der Waals surface area contributed by atoms with E-state index in [2.05, 4.69) is 20.5 Å². The van der Waals surface area contributed by atoms with Crippen molar-refractivity contribution in [3.63, 3.8) is 0 Å². The van der Waals surface area contributed by atoms with Gasteiger partial charge in [0.1, 0.15) is 11.9 Å². The van der Waals surface area contributed by atoms with Crippen LogP contribution in [0.25, 0.3) is 11.1 Å². The number of nitrogens with one attached hydrogen (secondary N) is 1. The number of para-hydroxylation sites is 1. The fraction of sp³-hybridized carbons (Fsp3) is 0.167. The summed E-state index contributed by atoms with van der Waals surface area (Å²) in [4.78, 5) is 17.4. The summed E-state index contributed by atoms with van der Waals surface area (Å²) < 4.78 is 11.3. The number of methoxy groups -OCH3 is 1.